The van der Waals surface area contributed by atoms with Crippen LogP contribution in [0.25, 0.3) is 0 Å². The van der Waals surface area contributed by atoms with Crippen LogP contribution >= 0.6 is 0 Å². The molecule has 8 nitrogen and oxygen atoms in total. The maximum atomic E-state index is 12.4. The van der Waals surface area contributed by atoms with E-state index in [1.165, 1.54) is 11.4 Å². The summed E-state index contributed by atoms with van der Waals surface area (Å²) in [6.45, 7) is 1.86. The predicted molar refractivity (Wildman–Crippen MR) is 86.8 cm³/mol. The fourth-order valence-corrected chi connectivity index (χ4v) is 4.10. The van der Waals surface area contributed by atoms with Crippen molar-refractivity contribution in [1.82, 2.24) is 9.62 Å². The zero-order chi connectivity index (χ0) is 17.6. The van der Waals surface area contributed by atoms with Gasteiger partial charge in [0.1, 0.15) is 0 Å². The van der Waals surface area contributed by atoms with Crippen LogP contribution in [0.5, 0.6) is 0 Å². The van der Waals surface area contributed by atoms with Crippen LogP contribution in [0.15, 0.2) is 30.3 Å². The van der Waals surface area contributed by atoms with Gasteiger partial charge in [-0.05, 0) is 5.56 Å². The van der Waals surface area contributed by atoms with Crippen molar-refractivity contribution in [3.05, 3.63) is 35.9 Å². The third-order valence-corrected chi connectivity index (χ3v) is 5.70. The fourth-order valence-electron chi connectivity index (χ4n) is 2.57. The molecule has 0 aliphatic carbocycles. The van der Waals surface area contributed by atoms with Gasteiger partial charge in [-0.2, -0.15) is 4.31 Å². The molecule has 0 bridgehead atoms. The molecule has 0 radical (unpaired) electrons. The van der Waals surface area contributed by atoms with Crippen LogP contribution in [0.2, 0.25) is 0 Å². The van der Waals surface area contributed by atoms with Crippen LogP contribution in [-0.4, -0.2) is 64.6 Å². The van der Waals surface area contributed by atoms with Gasteiger partial charge in [-0.1, -0.05) is 30.3 Å². The molecule has 1 saturated heterocycles. The maximum absolute atomic E-state index is 12.4. The number of quaternary nitrogens is 1. The molecule has 1 aromatic rings. The quantitative estimate of drug-likeness (QED) is 0.676. The Morgan fingerprint density at radius 2 is 1.83 bits per heavy atom. The molecule has 1 aliphatic heterocycles. The van der Waals surface area contributed by atoms with Gasteiger partial charge in [0.15, 0.2) is 6.54 Å². The lowest BCUT2D eigenvalue weighted by Gasteiger charge is -2.31. The molecule has 2 amide bonds. The Balaban J connectivity index is 1.83. The number of amides is 2. The van der Waals surface area contributed by atoms with Crippen molar-refractivity contribution < 1.29 is 27.6 Å². The molecule has 0 unspecified atom stereocenters. The Labute approximate surface area is 141 Å². The topological polar surface area (TPSA) is 97.2 Å². The van der Waals surface area contributed by atoms with Crippen LogP contribution in [-0.2, 0) is 25.3 Å². The Bertz CT molecular complexity index is 670. The Morgan fingerprint density at radius 3 is 2.42 bits per heavy atom. The minimum Gasteiger partial charge on any atom is -0.453 e. The second kappa shape index (κ2) is 8.22. The van der Waals surface area contributed by atoms with Gasteiger partial charge in [-0.25, -0.2) is 13.2 Å². The summed E-state index contributed by atoms with van der Waals surface area (Å²) in [5.41, 5.74) is 0.754. The number of carbonyl (C=O) groups excluding carboxylic acids is 2. The summed E-state index contributed by atoms with van der Waals surface area (Å²) in [5, 5.41) is 2.10. The zero-order valence-electron chi connectivity index (χ0n) is 13.5. The average molecular weight is 356 g/mol. The van der Waals surface area contributed by atoms with Crippen molar-refractivity contribution >= 4 is 22.0 Å². The summed E-state index contributed by atoms with van der Waals surface area (Å²) in [6.07, 6.45) is -0.788. The lowest BCUT2D eigenvalue weighted by Crippen LogP contribution is -3.15. The Kier molecular flexibility index (Phi) is 6.29. The normalized spacial score (nSPS) is 16.5. The number of imide groups is 1. The largest absolute Gasteiger partial charge is 0.453 e. The van der Waals surface area contributed by atoms with Crippen molar-refractivity contribution in [1.29, 1.82) is 0 Å². The number of benzene rings is 1. The number of hydrogen-bond donors (Lipinski definition) is 2. The molecule has 1 aromatic carbocycles. The number of rotatable bonds is 5. The standard InChI is InChI=1S/C15H21N3O5S/c1-23-15(20)16-14(19)11-17-7-9-18(10-8-17)24(21,22)12-13-5-3-2-4-6-13/h2-6H,7-12H2,1H3,(H,16,19,20)/p+1. The molecule has 0 aromatic heterocycles. The summed E-state index contributed by atoms with van der Waals surface area (Å²) in [6, 6.07) is 9.05. The number of alkyl carbamates (subject to hydrolysis) is 1. The van der Waals surface area contributed by atoms with Crippen molar-refractivity contribution in [2.45, 2.75) is 5.75 Å². The molecule has 0 atom stereocenters. The van der Waals surface area contributed by atoms with E-state index >= 15 is 0 Å². The highest BCUT2D eigenvalue weighted by atomic mass is 32.2. The van der Waals surface area contributed by atoms with E-state index in [0.29, 0.717) is 26.2 Å². The van der Waals surface area contributed by atoms with Crippen LogP contribution in [0.1, 0.15) is 5.56 Å². The molecule has 132 valence electrons. The molecular formula is C15H22N3O5S+. The number of sulfonamides is 1. The van der Waals surface area contributed by atoms with Gasteiger partial charge in [-0.15, -0.1) is 0 Å². The first kappa shape index (κ1) is 18.4. The van der Waals surface area contributed by atoms with E-state index in [4.69, 9.17) is 0 Å². The molecule has 1 aliphatic rings. The SMILES string of the molecule is COC(=O)NC(=O)C[NH+]1CCN(S(=O)(=O)Cc2ccccc2)CC1. The molecular weight excluding hydrogens is 334 g/mol. The van der Waals surface area contributed by atoms with E-state index in [1.807, 2.05) is 18.2 Å². The minimum absolute atomic E-state index is 0.0218. The highest BCUT2D eigenvalue weighted by molar-refractivity contribution is 7.88. The maximum Gasteiger partial charge on any atom is 0.413 e. The zero-order valence-corrected chi connectivity index (χ0v) is 14.3. The highest BCUT2D eigenvalue weighted by Gasteiger charge is 2.30. The monoisotopic (exact) mass is 356 g/mol. The van der Waals surface area contributed by atoms with Crippen LogP contribution in [0, 0.1) is 0 Å². The molecule has 1 heterocycles. The number of carbonyl (C=O) groups is 2. The van der Waals surface area contributed by atoms with E-state index in [1.54, 1.807) is 12.1 Å². The first-order chi connectivity index (χ1) is 11.4. The summed E-state index contributed by atoms with van der Waals surface area (Å²) in [7, 11) is -2.18. The van der Waals surface area contributed by atoms with Crippen LogP contribution in [0.4, 0.5) is 4.79 Å². The van der Waals surface area contributed by atoms with Gasteiger partial charge >= 0.3 is 6.09 Å². The second-order valence-electron chi connectivity index (χ2n) is 5.61. The number of nitrogens with one attached hydrogen (secondary N) is 2. The first-order valence-corrected chi connectivity index (χ1v) is 9.25. The van der Waals surface area contributed by atoms with Crippen molar-refractivity contribution in [2.75, 3.05) is 39.8 Å². The first-order valence-electron chi connectivity index (χ1n) is 7.64. The number of methoxy groups -OCH3 is 1. The number of piperazine rings is 1. The van der Waals surface area contributed by atoms with Gasteiger partial charge < -0.3 is 9.64 Å². The molecule has 0 saturated carbocycles. The lowest BCUT2D eigenvalue weighted by molar-refractivity contribution is -0.895. The van der Waals surface area contributed by atoms with E-state index < -0.39 is 22.0 Å². The van der Waals surface area contributed by atoms with E-state index in [9.17, 15) is 18.0 Å². The highest BCUT2D eigenvalue weighted by Crippen LogP contribution is 2.10. The van der Waals surface area contributed by atoms with Crippen LogP contribution in [0.3, 0.4) is 0 Å². The minimum atomic E-state index is -3.37. The second-order valence-corrected chi connectivity index (χ2v) is 7.58. The van der Waals surface area contributed by atoms with Crippen molar-refractivity contribution in [2.24, 2.45) is 0 Å². The Morgan fingerprint density at radius 1 is 1.21 bits per heavy atom. The number of ether oxygens (including phenoxy) is 1. The molecule has 9 heteroatoms. The van der Waals surface area contributed by atoms with Crippen LogP contribution < -0.4 is 10.2 Å². The lowest BCUT2D eigenvalue weighted by atomic mass is 10.2. The average Bonchev–Trinajstić information content (AvgIpc) is 2.55. The third-order valence-electron chi connectivity index (χ3n) is 3.85. The third kappa shape index (κ3) is 5.29. The molecule has 1 fully saturated rings. The number of nitrogens with zero attached hydrogens (tertiary/aromatic N) is 1. The van der Waals surface area contributed by atoms with Crippen molar-refractivity contribution in [3.63, 3.8) is 0 Å². The fraction of sp³-hybridized carbons (Fsp3) is 0.467. The van der Waals surface area contributed by atoms with Gasteiger partial charge in [0, 0.05) is 0 Å². The predicted octanol–water partition coefficient (Wildman–Crippen LogP) is -1.40. The summed E-state index contributed by atoms with van der Waals surface area (Å²) >= 11 is 0. The summed E-state index contributed by atoms with van der Waals surface area (Å²) in [5.74, 6) is -0.455. The summed E-state index contributed by atoms with van der Waals surface area (Å²) < 4.78 is 30.7. The van der Waals surface area contributed by atoms with Gasteiger partial charge in [0.2, 0.25) is 10.0 Å². The van der Waals surface area contributed by atoms with Gasteiger partial charge in [-0.3, -0.25) is 10.1 Å². The molecule has 24 heavy (non-hydrogen) atoms. The van der Waals surface area contributed by atoms with E-state index in [0.717, 1.165) is 10.5 Å². The molecule has 0 spiro atoms. The Hall–Kier alpha value is -1.97. The smallest absolute Gasteiger partial charge is 0.413 e. The number of hydrogen-bond acceptors (Lipinski definition) is 5. The van der Waals surface area contributed by atoms with Gasteiger partial charge in [0.25, 0.3) is 5.91 Å². The van der Waals surface area contributed by atoms with E-state index in [2.05, 4.69) is 10.1 Å². The van der Waals surface area contributed by atoms with Crippen molar-refractivity contribution in [3.8, 4) is 0 Å². The summed E-state index contributed by atoms with van der Waals surface area (Å²) in [4.78, 5) is 23.5. The molecule has 2 N–H and O–H groups in total. The molecule has 2 rings (SSSR count). The van der Waals surface area contributed by atoms with Gasteiger partial charge in [0.05, 0.1) is 39.0 Å². The van der Waals surface area contributed by atoms with E-state index in [-0.39, 0.29) is 12.3 Å².